The minimum Gasteiger partial charge on any atom is -0.368 e. The highest BCUT2D eigenvalue weighted by molar-refractivity contribution is 7.99. The molecule has 1 saturated heterocycles. The molecule has 6 heteroatoms. The van der Waals surface area contributed by atoms with Gasteiger partial charge in [0.15, 0.2) is 0 Å². The summed E-state index contributed by atoms with van der Waals surface area (Å²) < 4.78 is 10.9. The average molecular weight is 277 g/mol. The predicted octanol–water partition coefficient (Wildman–Crippen LogP) is 1.92. The van der Waals surface area contributed by atoms with E-state index in [1.54, 1.807) is 0 Å². The summed E-state index contributed by atoms with van der Waals surface area (Å²) in [6.45, 7) is 0.726. The fourth-order valence-corrected chi connectivity index (χ4v) is 2.78. The van der Waals surface area contributed by atoms with Crippen LogP contribution in [0.4, 0.5) is 0 Å². The second-order valence-corrected chi connectivity index (χ2v) is 5.46. The normalized spacial score (nSPS) is 21.2. The molecule has 5 nitrogen and oxygen atoms in total. The molecule has 19 heavy (non-hydrogen) atoms. The molecular formula is C13H15N3O2S. The van der Waals surface area contributed by atoms with Crippen LogP contribution < -0.4 is 5.73 Å². The number of hydrogen-bond acceptors (Lipinski definition) is 6. The second-order valence-electron chi connectivity index (χ2n) is 4.31. The zero-order chi connectivity index (χ0) is 13.1. The third kappa shape index (κ3) is 2.80. The van der Waals surface area contributed by atoms with E-state index in [1.165, 1.54) is 0 Å². The number of hydrogen-bond donors (Lipinski definition) is 1. The molecule has 3 rings (SSSR count). The van der Waals surface area contributed by atoms with E-state index in [1.807, 2.05) is 42.1 Å². The molecule has 1 aromatic heterocycles. The quantitative estimate of drug-likeness (QED) is 0.924. The van der Waals surface area contributed by atoms with E-state index in [0.29, 0.717) is 11.7 Å². The first kappa shape index (κ1) is 12.7. The molecule has 1 fully saturated rings. The van der Waals surface area contributed by atoms with Crippen LogP contribution in [0, 0.1) is 0 Å². The van der Waals surface area contributed by atoms with E-state index in [9.17, 15) is 0 Å². The Morgan fingerprint density at radius 3 is 2.89 bits per heavy atom. The van der Waals surface area contributed by atoms with E-state index in [-0.39, 0.29) is 6.10 Å². The fraction of sp³-hybridized carbons (Fsp3) is 0.385. The Bertz CT molecular complexity index is 526. The summed E-state index contributed by atoms with van der Waals surface area (Å²) in [6, 6.07) is 9.32. The minimum atomic E-state index is -0.390. The number of ether oxygens (including phenoxy) is 1. The van der Waals surface area contributed by atoms with E-state index < -0.39 is 6.04 Å². The maximum absolute atomic E-state index is 6.12. The van der Waals surface area contributed by atoms with E-state index in [2.05, 4.69) is 10.1 Å². The fourth-order valence-electron chi connectivity index (χ4n) is 1.94. The highest BCUT2D eigenvalue weighted by atomic mass is 32.2. The summed E-state index contributed by atoms with van der Waals surface area (Å²) in [5.41, 5.74) is 7.07. The summed E-state index contributed by atoms with van der Waals surface area (Å²) in [4.78, 5) is 4.37. The van der Waals surface area contributed by atoms with Gasteiger partial charge in [0.2, 0.25) is 11.7 Å². The lowest BCUT2D eigenvalue weighted by Crippen LogP contribution is -2.17. The van der Waals surface area contributed by atoms with Gasteiger partial charge in [0, 0.05) is 11.5 Å². The zero-order valence-electron chi connectivity index (χ0n) is 10.4. The minimum absolute atomic E-state index is 0.0841. The van der Waals surface area contributed by atoms with Gasteiger partial charge in [-0.2, -0.15) is 16.7 Å². The van der Waals surface area contributed by atoms with Gasteiger partial charge >= 0.3 is 0 Å². The van der Waals surface area contributed by atoms with Crippen LogP contribution in [0.1, 0.15) is 29.4 Å². The van der Waals surface area contributed by atoms with Gasteiger partial charge < -0.3 is 15.0 Å². The van der Waals surface area contributed by atoms with E-state index in [0.717, 1.165) is 23.7 Å². The maximum Gasteiger partial charge on any atom is 0.248 e. The molecule has 2 heterocycles. The highest BCUT2D eigenvalue weighted by Crippen LogP contribution is 2.26. The lowest BCUT2D eigenvalue weighted by Gasteiger charge is -2.18. The first-order valence-corrected chi connectivity index (χ1v) is 7.33. The molecule has 0 aliphatic carbocycles. The highest BCUT2D eigenvalue weighted by Gasteiger charge is 2.24. The molecule has 1 unspecified atom stereocenters. The zero-order valence-corrected chi connectivity index (χ0v) is 11.2. The van der Waals surface area contributed by atoms with Crippen LogP contribution in [-0.4, -0.2) is 28.3 Å². The largest absolute Gasteiger partial charge is 0.368 e. The van der Waals surface area contributed by atoms with Gasteiger partial charge in [-0.15, -0.1) is 0 Å². The molecule has 2 N–H and O–H groups in total. The maximum atomic E-state index is 6.12. The van der Waals surface area contributed by atoms with Crippen LogP contribution in [0.15, 0.2) is 34.9 Å². The van der Waals surface area contributed by atoms with Crippen LogP contribution in [0.25, 0.3) is 0 Å². The van der Waals surface area contributed by atoms with Gasteiger partial charge in [0.25, 0.3) is 0 Å². The number of aromatic nitrogens is 2. The smallest absolute Gasteiger partial charge is 0.248 e. The van der Waals surface area contributed by atoms with Gasteiger partial charge in [0.1, 0.15) is 12.1 Å². The van der Waals surface area contributed by atoms with Crippen molar-refractivity contribution in [3.05, 3.63) is 47.6 Å². The van der Waals surface area contributed by atoms with Gasteiger partial charge in [-0.3, -0.25) is 0 Å². The van der Waals surface area contributed by atoms with Crippen molar-refractivity contribution in [3.63, 3.8) is 0 Å². The first-order valence-electron chi connectivity index (χ1n) is 6.18. The van der Waals surface area contributed by atoms with Crippen LogP contribution >= 0.6 is 11.8 Å². The van der Waals surface area contributed by atoms with Crippen molar-refractivity contribution in [2.45, 2.75) is 12.1 Å². The van der Waals surface area contributed by atoms with Crippen molar-refractivity contribution in [1.29, 1.82) is 0 Å². The molecule has 1 aromatic carbocycles. The summed E-state index contributed by atoms with van der Waals surface area (Å²) in [5.74, 6) is 2.90. The molecule has 0 saturated carbocycles. The topological polar surface area (TPSA) is 74.2 Å². The number of rotatable bonds is 3. The number of nitrogens with zero attached hydrogens (tertiary/aromatic N) is 2. The summed E-state index contributed by atoms with van der Waals surface area (Å²) in [5, 5.41) is 3.98. The molecule has 1 aliphatic heterocycles. The Morgan fingerprint density at radius 1 is 1.32 bits per heavy atom. The van der Waals surface area contributed by atoms with Crippen molar-refractivity contribution in [2.24, 2.45) is 5.73 Å². The molecule has 100 valence electrons. The molecule has 2 aromatic rings. The second kappa shape index (κ2) is 5.73. The van der Waals surface area contributed by atoms with Crippen molar-refractivity contribution >= 4 is 11.8 Å². The molecule has 0 radical (unpaired) electrons. The third-order valence-corrected chi connectivity index (χ3v) is 3.98. The Kier molecular flexibility index (Phi) is 3.82. The number of thioether (sulfide) groups is 1. The summed E-state index contributed by atoms with van der Waals surface area (Å²) >= 11 is 1.83. The Morgan fingerprint density at radius 2 is 2.16 bits per heavy atom. The molecule has 0 amide bonds. The molecule has 0 spiro atoms. The van der Waals surface area contributed by atoms with Crippen molar-refractivity contribution in [1.82, 2.24) is 10.1 Å². The predicted molar refractivity (Wildman–Crippen MR) is 72.8 cm³/mol. The molecular weight excluding hydrogens is 262 g/mol. The van der Waals surface area contributed by atoms with Crippen LogP contribution in [-0.2, 0) is 4.74 Å². The van der Waals surface area contributed by atoms with Crippen molar-refractivity contribution in [3.8, 4) is 0 Å². The Labute approximate surface area is 115 Å². The lowest BCUT2D eigenvalue weighted by atomic mass is 10.1. The van der Waals surface area contributed by atoms with Crippen LogP contribution in [0.2, 0.25) is 0 Å². The Balaban J connectivity index is 1.77. The van der Waals surface area contributed by atoms with Crippen molar-refractivity contribution in [2.75, 3.05) is 18.1 Å². The SMILES string of the molecule is N[C@H](c1ccccc1)c1nc(C2CSCCO2)no1. The van der Waals surface area contributed by atoms with Gasteiger partial charge in [-0.1, -0.05) is 35.5 Å². The van der Waals surface area contributed by atoms with Crippen LogP contribution in [0.5, 0.6) is 0 Å². The molecule has 0 bridgehead atoms. The molecule has 2 atom stereocenters. The standard InChI is InChI=1S/C13H15N3O2S/c14-11(9-4-2-1-3-5-9)13-15-12(16-18-13)10-8-19-7-6-17-10/h1-5,10-11H,6-8,14H2/t10?,11-/m1/s1. The third-order valence-electron chi connectivity index (χ3n) is 2.99. The summed E-state index contributed by atoms with van der Waals surface area (Å²) in [6.07, 6.45) is -0.0841. The lowest BCUT2D eigenvalue weighted by molar-refractivity contribution is 0.0677. The summed E-state index contributed by atoms with van der Waals surface area (Å²) in [7, 11) is 0. The van der Waals surface area contributed by atoms with Gasteiger partial charge in [0.05, 0.1) is 6.61 Å². The van der Waals surface area contributed by atoms with Crippen molar-refractivity contribution < 1.29 is 9.26 Å². The van der Waals surface area contributed by atoms with E-state index >= 15 is 0 Å². The van der Waals surface area contributed by atoms with E-state index in [4.69, 9.17) is 15.0 Å². The molecule has 1 aliphatic rings. The van der Waals surface area contributed by atoms with Crippen LogP contribution in [0.3, 0.4) is 0 Å². The monoisotopic (exact) mass is 277 g/mol. The van der Waals surface area contributed by atoms with Gasteiger partial charge in [-0.05, 0) is 5.56 Å². The number of benzene rings is 1. The van der Waals surface area contributed by atoms with Gasteiger partial charge in [-0.25, -0.2) is 0 Å². The first-order chi connectivity index (χ1) is 9.34. The Hall–Kier alpha value is -1.37. The number of nitrogens with two attached hydrogens (primary N) is 1. The average Bonchev–Trinajstić information content (AvgIpc) is 2.98.